The Morgan fingerprint density at radius 2 is 2.33 bits per heavy atom. The normalized spacial score (nSPS) is 28.8. The van der Waals surface area contributed by atoms with Gasteiger partial charge in [-0.25, -0.2) is 0 Å². The molecule has 1 aromatic rings. The largest absolute Gasteiger partial charge is 0.390 e. The van der Waals surface area contributed by atoms with Crippen molar-refractivity contribution in [2.45, 2.75) is 58.0 Å². The third-order valence-electron chi connectivity index (χ3n) is 4.02. The first-order valence-corrected chi connectivity index (χ1v) is 7.17. The molecule has 0 aliphatic heterocycles. The summed E-state index contributed by atoms with van der Waals surface area (Å²) >= 11 is 0. The van der Waals surface area contributed by atoms with Crippen molar-refractivity contribution < 1.29 is 5.11 Å². The van der Waals surface area contributed by atoms with E-state index in [1.165, 1.54) is 12.8 Å². The smallest absolute Gasteiger partial charge is 0.0691 e. The molecule has 0 radical (unpaired) electrons. The van der Waals surface area contributed by atoms with Crippen LogP contribution in [0.3, 0.4) is 0 Å². The van der Waals surface area contributed by atoms with Gasteiger partial charge in [-0.2, -0.15) is 5.10 Å². The first-order valence-electron chi connectivity index (χ1n) is 7.17. The minimum atomic E-state index is -0.499. The van der Waals surface area contributed by atoms with E-state index in [0.717, 1.165) is 37.2 Å². The van der Waals surface area contributed by atoms with Crippen LogP contribution in [0.4, 0.5) is 0 Å². The van der Waals surface area contributed by atoms with Gasteiger partial charge in [-0.3, -0.25) is 4.68 Å². The molecule has 0 bridgehead atoms. The number of nitrogens with zero attached hydrogens (tertiary/aromatic N) is 2. The molecule has 1 saturated carbocycles. The zero-order valence-corrected chi connectivity index (χ0v) is 11.9. The second-order valence-corrected chi connectivity index (χ2v) is 6.52. The van der Waals surface area contributed by atoms with Crippen LogP contribution in [0.1, 0.15) is 51.5 Å². The Morgan fingerprint density at radius 3 is 2.94 bits per heavy atom. The average Bonchev–Trinajstić information content (AvgIpc) is 2.62. The molecule has 1 aromatic heterocycles. The maximum atomic E-state index is 10.8. The number of rotatable bonds is 4. The standard InChI is InChI=1S/C15H26N2O/c1-12(2)7-13-5-4-6-15(18,8-13)9-14-10-16-17(3)11-14/h10-13,18H,4-9H2,1-3H3. The number of aromatic nitrogens is 2. The monoisotopic (exact) mass is 250 g/mol. The first kappa shape index (κ1) is 13.6. The van der Waals surface area contributed by atoms with E-state index in [4.69, 9.17) is 0 Å². The lowest BCUT2D eigenvalue weighted by molar-refractivity contribution is -0.0189. The lowest BCUT2D eigenvalue weighted by Gasteiger charge is -2.37. The van der Waals surface area contributed by atoms with Crippen LogP contribution in [-0.2, 0) is 13.5 Å². The van der Waals surface area contributed by atoms with Crippen molar-refractivity contribution in [2.24, 2.45) is 18.9 Å². The molecule has 3 nitrogen and oxygen atoms in total. The van der Waals surface area contributed by atoms with Crippen molar-refractivity contribution >= 4 is 0 Å². The summed E-state index contributed by atoms with van der Waals surface area (Å²) in [4.78, 5) is 0. The second-order valence-electron chi connectivity index (χ2n) is 6.52. The molecular weight excluding hydrogens is 224 g/mol. The highest BCUT2D eigenvalue weighted by molar-refractivity contribution is 5.09. The quantitative estimate of drug-likeness (QED) is 0.892. The molecule has 3 heteroatoms. The van der Waals surface area contributed by atoms with Gasteiger partial charge in [0.25, 0.3) is 0 Å². The van der Waals surface area contributed by atoms with Crippen LogP contribution < -0.4 is 0 Å². The third kappa shape index (κ3) is 3.58. The van der Waals surface area contributed by atoms with Gasteiger partial charge in [-0.15, -0.1) is 0 Å². The van der Waals surface area contributed by atoms with Crippen molar-refractivity contribution in [2.75, 3.05) is 0 Å². The summed E-state index contributed by atoms with van der Waals surface area (Å²) in [5, 5.41) is 15.0. The van der Waals surface area contributed by atoms with Gasteiger partial charge in [0.15, 0.2) is 0 Å². The molecule has 0 spiro atoms. The molecule has 102 valence electrons. The summed E-state index contributed by atoms with van der Waals surface area (Å²) in [5.74, 6) is 1.43. The minimum absolute atomic E-state index is 0.499. The van der Waals surface area contributed by atoms with E-state index in [1.54, 1.807) is 0 Å². The number of hydrogen-bond acceptors (Lipinski definition) is 2. The Bertz CT molecular complexity index is 386. The van der Waals surface area contributed by atoms with Gasteiger partial charge in [0.05, 0.1) is 11.8 Å². The van der Waals surface area contributed by atoms with E-state index in [-0.39, 0.29) is 0 Å². The van der Waals surface area contributed by atoms with Crippen molar-refractivity contribution in [3.8, 4) is 0 Å². The lowest BCUT2D eigenvalue weighted by Crippen LogP contribution is -2.37. The number of aryl methyl sites for hydroxylation is 1. The highest BCUT2D eigenvalue weighted by atomic mass is 16.3. The van der Waals surface area contributed by atoms with Crippen LogP contribution in [0.25, 0.3) is 0 Å². The van der Waals surface area contributed by atoms with Gasteiger partial charge in [-0.05, 0) is 36.7 Å². The first-order chi connectivity index (χ1) is 8.47. The fraction of sp³-hybridized carbons (Fsp3) is 0.800. The summed E-state index contributed by atoms with van der Waals surface area (Å²) in [7, 11) is 1.93. The summed E-state index contributed by atoms with van der Waals surface area (Å²) < 4.78 is 1.81. The van der Waals surface area contributed by atoms with Gasteiger partial charge in [0, 0.05) is 19.7 Å². The topological polar surface area (TPSA) is 38.1 Å². The Kier molecular flexibility index (Phi) is 4.10. The fourth-order valence-electron chi connectivity index (χ4n) is 3.43. The Balaban J connectivity index is 1.97. The van der Waals surface area contributed by atoms with Gasteiger partial charge in [0.2, 0.25) is 0 Å². The summed E-state index contributed by atoms with van der Waals surface area (Å²) in [6.07, 6.45) is 10.2. The Morgan fingerprint density at radius 1 is 1.56 bits per heavy atom. The van der Waals surface area contributed by atoms with Gasteiger partial charge in [-0.1, -0.05) is 26.7 Å². The molecule has 2 rings (SSSR count). The van der Waals surface area contributed by atoms with Crippen LogP contribution in [0.2, 0.25) is 0 Å². The van der Waals surface area contributed by atoms with E-state index in [2.05, 4.69) is 18.9 Å². The van der Waals surface area contributed by atoms with Crippen molar-refractivity contribution in [1.82, 2.24) is 9.78 Å². The zero-order chi connectivity index (χ0) is 13.2. The van der Waals surface area contributed by atoms with E-state index in [9.17, 15) is 5.11 Å². The van der Waals surface area contributed by atoms with Crippen molar-refractivity contribution in [3.63, 3.8) is 0 Å². The molecule has 1 heterocycles. The zero-order valence-electron chi connectivity index (χ0n) is 11.9. The molecule has 1 aliphatic rings. The molecule has 0 aromatic carbocycles. The molecule has 18 heavy (non-hydrogen) atoms. The highest BCUT2D eigenvalue weighted by Gasteiger charge is 2.34. The molecule has 0 amide bonds. The second kappa shape index (κ2) is 5.43. The highest BCUT2D eigenvalue weighted by Crippen LogP contribution is 2.37. The Labute approximate surface area is 110 Å². The van der Waals surface area contributed by atoms with Crippen molar-refractivity contribution in [3.05, 3.63) is 18.0 Å². The van der Waals surface area contributed by atoms with Gasteiger partial charge < -0.3 is 5.11 Å². The van der Waals surface area contributed by atoms with Crippen LogP contribution >= 0.6 is 0 Å². The Hall–Kier alpha value is -0.830. The van der Waals surface area contributed by atoms with Crippen LogP contribution in [-0.4, -0.2) is 20.5 Å². The molecule has 1 N–H and O–H groups in total. The molecule has 2 unspecified atom stereocenters. The number of hydrogen-bond donors (Lipinski definition) is 1. The summed E-state index contributed by atoms with van der Waals surface area (Å²) in [6, 6.07) is 0. The third-order valence-corrected chi connectivity index (χ3v) is 4.02. The summed E-state index contributed by atoms with van der Waals surface area (Å²) in [6.45, 7) is 4.55. The van der Waals surface area contributed by atoms with E-state index >= 15 is 0 Å². The van der Waals surface area contributed by atoms with Crippen molar-refractivity contribution in [1.29, 1.82) is 0 Å². The SMILES string of the molecule is CC(C)CC1CCCC(O)(Cc2cnn(C)c2)C1. The van der Waals surface area contributed by atoms with Crippen LogP contribution in [0.5, 0.6) is 0 Å². The predicted octanol–water partition coefficient (Wildman–Crippen LogP) is 2.93. The lowest BCUT2D eigenvalue weighted by atomic mass is 9.73. The predicted molar refractivity (Wildman–Crippen MR) is 73.3 cm³/mol. The molecule has 2 atom stereocenters. The maximum absolute atomic E-state index is 10.8. The van der Waals surface area contributed by atoms with Crippen LogP contribution in [0.15, 0.2) is 12.4 Å². The average molecular weight is 250 g/mol. The van der Waals surface area contributed by atoms with Gasteiger partial charge >= 0.3 is 0 Å². The molecule has 1 fully saturated rings. The molecular formula is C15H26N2O. The van der Waals surface area contributed by atoms with Crippen LogP contribution in [0, 0.1) is 11.8 Å². The number of aliphatic hydroxyl groups is 1. The van der Waals surface area contributed by atoms with Gasteiger partial charge in [0.1, 0.15) is 0 Å². The molecule has 0 saturated heterocycles. The van der Waals surface area contributed by atoms with E-state index in [0.29, 0.717) is 5.92 Å². The van der Waals surface area contributed by atoms with E-state index < -0.39 is 5.60 Å². The molecule has 1 aliphatic carbocycles. The maximum Gasteiger partial charge on any atom is 0.0691 e. The summed E-state index contributed by atoms with van der Waals surface area (Å²) in [5.41, 5.74) is 0.658. The van der Waals surface area contributed by atoms with E-state index in [1.807, 2.05) is 24.1 Å². The fourth-order valence-corrected chi connectivity index (χ4v) is 3.43. The minimum Gasteiger partial charge on any atom is -0.390 e.